The fraction of sp³-hybridized carbons (Fsp3) is 0.280. The summed E-state index contributed by atoms with van der Waals surface area (Å²) in [5.41, 5.74) is 3.89. The smallest absolute Gasteiger partial charge is 0.218 e. The fourth-order valence-corrected chi connectivity index (χ4v) is 4.57. The largest absolute Gasteiger partial charge is 0.493 e. The van der Waals surface area contributed by atoms with E-state index >= 15 is 0 Å². The van der Waals surface area contributed by atoms with Gasteiger partial charge in [-0.05, 0) is 74.3 Å². The van der Waals surface area contributed by atoms with Gasteiger partial charge >= 0.3 is 0 Å². The van der Waals surface area contributed by atoms with Gasteiger partial charge in [0, 0.05) is 43.6 Å². The molecule has 2 aromatic rings. The quantitative estimate of drug-likeness (QED) is 0.713. The van der Waals surface area contributed by atoms with E-state index in [1.165, 1.54) is 5.56 Å². The number of fused-ring (bicyclic) bond motifs is 2. The van der Waals surface area contributed by atoms with Crippen LogP contribution >= 0.6 is 12.2 Å². The normalized spacial score (nSPS) is 18.6. The fourth-order valence-electron chi connectivity index (χ4n) is 4.39. The van der Waals surface area contributed by atoms with Crippen LogP contribution in [-0.2, 0) is 25.3 Å². The zero-order valence-electron chi connectivity index (χ0n) is 18.6. The molecular formula is C25H25N3O3S. The summed E-state index contributed by atoms with van der Waals surface area (Å²) in [6.45, 7) is 4.84. The summed E-state index contributed by atoms with van der Waals surface area (Å²) >= 11 is 5.39. The average Bonchev–Trinajstić information content (AvgIpc) is 2.95. The van der Waals surface area contributed by atoms with Crippen LogP contribution in [0.15, 0.2) is 58.7 Å². The summed E-state index contributed by atoms with van der Waals surface area (Å²) in [4.78, 5) is 4.64. The number of imidazole rings is 1. The average molecular weight is 448 g/mol. The minimum absolute atomic E-state index is 0.119. The number of benzene rings is 1. The van der Waals surface area contributed by atoms with Crippen molar-refractivity contribution in [2.45, 2.75) is 26.7 Å². The maximum Gasteiger partial charge on any atom is 0.218 e. The van der Waals surface area contributed by atoms with Crippen LogP contribution in [0, 0.1) is 4.77 Å². The molecule has 0 unspecified atom stereocenters. The van der Waals surface area contributed by atoms with Crippen molar-refractivity contribution in [2.75, 3.05) is 6.54 Å². The van der Waals surface area contributed by atoms with Gasteiger partial charge in [-0.25, -0.2) is 0 Å². The van der Waals surface area contributed by atoms with E-state index in [1.807, 2.05) is 44.3 Å². The lowest BCUT2D eigenvalue weighted by atomic mass is 10.0. The summed E-state index contributed by atoms with van der Waals surface area (Å²) in [6.07, 6.45) is 9.82. The number of aryl methyl sites for hydroxylation is 1. The van der Waals surface area contributed by atoms with Crippen molar-refractivity contribution in [3.8, 4) is 11.6 Å². The minimum atomic E-state index is 0.119. The molecule has 0 saturated carbocycles. The Labute approximate surface area is 191 Å². The maximum atomic E-state index is 10.6. The first kappa shape index (κ1) is 20.6. The standard InChI is InChI=1S/C25H25N3O3S/c1-14-8-18(31-22-13-21-16(11-20(14)22)6-5-7-26-21)12-19-10-17(9-15(2)30-19)23-24(29)28(4)25(32)27(23)3/h8-13,29H,5-7H2,1-4H3. The van der Waals surface area contributed by atoms with Gasteiger partial charge in [0.05, 0.1) is 5.36 Å². The van der Waals surface area contributed by atoms with Gasteiger partial charge in [0.15, 0.2) is 4.77 Å². The van der Waals surface area contributed by atoms with E-state index in [0.717, 1.165) is 46.9 Å². The minimum Gasteiger partial charge on any atom is -0.493 e. The van der Waals surface area contributed by atoms with Crippen LogP contribution in [0.1, 0.15) is 31.5 Å². The van der Waals surface area contributed by atoms with E-state index in [9.17, 15) is 5.11 Å². The molecule has 7 heteroatoms. The van der Waals surface area contributed by atoms with Crippen LogP contribution in [0.25, 0.3) is 11.1 Å². The van der Waals surface area contributed by atoms with E-state index < -0.39 is 0 Å². The van der Waals surface area contributed by atoms with Crippen molar-refractivity contribution in [2.24, 2.45) is 19.1 Å². The summed E-state index contributed by atoms with van der Waals surface area (Å²) in [7, 11) is 3.59. The first-order chi connectivity index (χ1) is 15.3. The van der Waals surface area contributed by atoms with Crippen molar-refractivity contribution >= 4 is 23.4 Å². The number of aromatic nitrogens is 2. The monoisotopic (exact) mass is 447 g/mol. The van der Waals surface area contributed by atoms with Crippen LogP contribution in [0.3, 0.4) is 0 Å². The molecule has 1 aromatic heterocycles. The highest BCUT2D eigenvalue weighted by molar-refractivity contribution is 7.71. The Bertz CT molecular complexity index is 1470. The Morgan fingerprint density at radius 1 is 1.09 bits per heavy atom. The van der Waals surface area contributed by atoms with Gasteiger partial charge in [0.25, 0.3) is 0 Å². The second kappa shape index (κ2) is 7.67. The number of hydrogen-bond acceptors (Lipinski definition) is 5. The predicted octanol–water partition coefficient (Wildman–Crippen LogP) is 3.71. The molecule has 0 bridgehead atoms. The molecule has 1 aromatic carbocycles. The number of nitrogens with zero attached hydrogens (tertiary/aromatic N) is 3. The Hall–Kier alpha value is -3.32. The highest BCUT2D eigenvalue weighted by atomic mass is 32.1. The first-order valence-corrected chi connectivity index (χ1v) is 11.0. The van der Waals surface area contributed by atoms with Gasteiger partial charge in [-0.2, -0.15) is 0 Å². The molecule has 0 radical (unpaired) electrons. The van der Waals surface area contributed by atoms with Gasteiger partial charge in [-0.3, -0.25) is 9.56 Å². The molecule has 3 aliphatic rings. The zero-order valence-corrected chi connectivity index (χ0v) is 19.4. The second-order valence-corrected chi connectivity index (χ2v) is 8.74. The van der Waals surface area contributed by atoms with Crippen molar-refractivity contribution in [3.63, 3.8) is 0 Å². The van der Waals surface area contributed by atoms with Crippen molar-refractivity contribution in [3.05, 3.63) is 80.3 Å². The van der Waals surface area contributed by atoms with E-state index in [-0.39, 0.29) is 5.88 Å². The van der Waals surface area contributed by atoms with Gasteiger partial charge < -0.3 is 19.1 Å². The highest BCUT2D eigenvalue weighted by Crippen LogP contribution is 2.33. The summed E-state index contributed by atoms with van der Waals surface area (Å²) in [5, 5.41) is 12.7. The lowest BCUT2D eigenvalue weighted by Gasteiger charge is -2.19. The Morgan fingerprint density at radius 3 is 2.66 bits per heavy atom. The molecule has 32 heavy (non-hydrogen) atoms. The highest BCUT2D eigenvalue weighted by Gasteiger charge is 2.20. The molecule has 1 N–H and O–H groups in total. The SMILES string of the molecule is CC1=CC(c2c(O)n(C)c(=S)n2C)=CC(=CC2=CC(C)=c3cc4c(cc3O2)=NCCC4)O1. The maximum absolute atomic E-state index is 10.6. The molecule has 3 aliphatic heterocycles. The molecule has 164 valence electrons. The zero-order chi connectivity index (χ0) is 22.6. The summed E-state index contributed by atoms with van der Waals surface area (Å²) in [6, 6.07) is 4.25. The number of aromatic hydroxyl groups is 1. The number of ether oxygens (including phenoxy) is 2. The molecule has 0 spiro atoms. The molecule has 6 nitrogen and oxygen atoms in total. The third kappa shape index (κ3) is 3.42. The molecule has 0 saturated heterocycles. The lowest BCUT2D eigenvalue weighted by molar-refractivity contribution is 0.315. The predicted molar refractivity (Wildman–Crippen MR) is 126 cm³/mol. The number of allylic oxidation sites excluding steroid dienone is 6. The summed E-state index contributed by atoms with van der Waals surface area (Å²) < 4.78 is 16.1. The summed E-state index contributed by atoms with van der Waals surface area (Å²) in [5.74, 6) is 2.97. The first-order valence-electron chi connectivity index (χ1n) is 10.6. The number of rotatable bonds is 2. The third-order valence-corrected chi connectivity index (χ3v) is 6.56. The number of hydrogen-bond donors (Lipinski definition) is 1. The van der Waals surface area contributed by atoms with Crippen LogP contribution in [0.5, 0.6) is 11.6 Å². The van der Waals surface area contributed by atoms with Crippen molar-refractivity contribution in [1.82, 2.24) is 9.13 Å². The van der Waals surface area contributed by atoms with Crippen LogP contribution < -0.4 is 15.3 Å². The molecule has 0 aliphatic carbocycles. The van der Waals surface area contributed by atoms with E-state index in [0.29, 0.717) is 27.7 Å². The van der Waals surface area contributed by atoms with Gasteiger partial charge in [-0.15, -0.1) is 0 Å². The van der Waals surface area contributed by atoms with Crippen LogP contribution in [0.4, 0.5) is 0 Å². The van der Waals surface area contributed by atoms with Gasteiger partial charge in [-0.1, -0.05) is 0 Å². The molecule has 4 heterocycles. The molecular weight excluding hydrogens is 422 g/mol. The van der Waals surface area contributed by atoms with Crippen molar-refractivity contribution in [1.29, 1.82) is 0 Å². The lowest BCUT2D eigenvalue weighted by Crippen LogP contribution is -2.24. The third-order valence-electron chi connectivity index (χ3n) is 6.01. The van der Waals surface area contributed by atoms with Crippen LogP contribution in [-0.4, -0.2) is 20.8 Å². The second-order valence-electron chi connectivity index (χ2n) is 8.37. The topological polar surface area (TPSA) is 60.9 Å². The Morgan fingerprint density at radius 2 is 1.91 bits per heavy atom. The molecule has 0 atom stereocenters. The van der Waals surface area contributed by atoms with E-state index in [4.69, 9.17) is 21.7 Å². The van der Waals surface area contributed by atoms with Crippen LogP contribution in [0.2, 0.25) is 0 Å². The van der Waals surface area contributed by atoms with Gasteiger partial charge in [0.2, 0.25) is 5.88 Å². The van der Waals surface area contributed by atoms with E-state index in [1.54, 1.807) is 16.2 Å². The van der Waals surface area contributed by atoms with Gasteiger partial charge in [0.1, 0.15) is 28.7 Å². The molecule has 0 fully saturated rings. The van der Waals surface area contributed by atoms with Crippen molar-refractivity contribution < 1.29 is 14.6 Å². The molecule has 0 amide bonds. The molecule has 5 rings (SSSR count). The Balaban J connectivity index is 1.56. The Kier molecular flexibility index (Phi) is 4.93. The van der Waals surface area contributed by atoms with E-state index in [2.05, 4.69) is 18.0 Å².